The van der Waals surface area contributed by atoms with Crippen LogP contribution in [0.4, 0.5) is 0 Å². The molecule has 13 heavy (non-hydrogen) atoms. The molecule has 1 aliphatic rings. The molecule has 1 saturated heterocycles. The average Bonchev–Trinajstić information content (AvgIpc) is 2.48. The van der Waals surface area contributed by atoms with Gasteiger partial charge in [-0.25, -0.2) is 4.79 Å². The summed E-state index contributed by atoms with van der Waals surface area (Å²) < 4.78 is 4.67. The third-order valence-corrected chi connectivity index (χ3v) is 2.50. The van der Waals surface area contributed by atoms with Gasteiger partial charge in [-0.15, -0.1) is 6.58 Å². The van der Waals surface area contributed by atoms with E-state index in [1.165, 1.54) is 7.11 Å². The molecule has 0 amide bonds. The van der Waals surface area contributed by atoms with Gasteiger partial charge in [0.25, 0.3) is 0 Å². The number of carbonyl (C=O) groups is 1. The first kappa shape index (κ1) is 10.2. The Balaban J connectivity index is 2.85. The molecule has 0 saturated carbocycles. The van der Waals surface area contributed by atoms with E-state index in [1.54, 1.807) is 6.08 Å². The highest BCUT2D eigenvalue weighted by Gasteiger charge is 2.47. The van der Waals surface area contributed by atoms with Crippen LogP contribution in [0.3, 0.4) is 0 Å². The third kappa shape index (κ3) is 1.59. The van der Waals surface area contributed by atoms with Crippen molar-refractivity contribution in [3.63, 3.8) is 0 Å². The van der Waals surface area contributed by atoms with Crippen LogP contribution in [0.25, 0.3) is 0 Å². The van der Waals surface area contributed by atoms with Gasteiger partial charge in [-0.3, -0.25) is 0 Å². The summed E-state index contributed by atoms with van der Waals surface area (Å²) in [4.78, 5) is 11.5. The zero-order valence-electron chi connectivity index (χ0n) is 7.82. The highest BCUT2D eigenvalue weighted by molar-refractivity contribution is 5.81. The van der Waals surface area contributed by atoms with Gasteiger partial charge in [0, 0.05) is 6.54 Å². The maximum atomic E-state index is 11.5. The Morgan fingerprint density at radius 2 is 2.54 bits per heavy atom. The largest absolute Gasteiger partial charge is 0.468 e. The van der Waals surface area contributed by atoms with Crippen LogP contribution in [-0.4, -0.2) is 35.4 Å². The van der Waals surface area contributed by atoms with Crippen molar-refractivity contribution in [1.29, 1.82) is 0 Å². The van der Waals surface area contributed by atoms with Gasteiger partial charge in [0.05, 0.1) is 7.11 Å². The highest BCUT2D eigenvalue weighted by Crippen LogP contribution is 2.32. The number of nitrogens with zero attached hydrogens (tertiary/aromatic N) is 1. The molecular weight excluding hydrogens is 170 g/mol. The fourth-order valence-electron chi connectivity index (χ4n) is 1.79. The van der Waals surface area contributed by atoms with Crippen molar-refractivity contribution in [1.82, 2.24) is 5.06 Å². The van der Waals surface area contributed by atoms with Crippen molar-refractivity contribution < 1.29 is 14.7 Å². The zero-order valence-corrected chi connectivity index (χ0v) is 7.82. The lowest BCUT2D eigenvalue weighted by Gasteiger charge is -2.30. The van der Waals surface area contributed by atoms with Crippen molar-refractivity contribution in [2.45, 2.75) is 24.8 Å². The van der Waals surface area contributed by atoms with Crippen LogP contribution in [0.5, 0.6) is 0 Å². The monoisotopic (exact) mass is 185 g/mol. The van der Waals surface area contributed by atoms with Crippen LogP contribution in [0.1, 0.15) is 19.3 Å². The fourth-order valence-corrected chi connectivity index (χ4v) is 1.79. The molecule has 4 nitrogen and oxygen atoms in total. The zero-order chi connectivity index (χ0) is 9.90. The molecule has 1 N–H and O–H groups in total. The van der Waals surface area contributed by atoms with E-state index in [2.05, 4.69) is 11.3 Å². The number of hydrogen-bond donors (Lipinski definition) is 1. The summed E-state index contributed by atoms with van der Waals surface area (Å²) in [7, 11) is 1.33. The molecule has 0 aromatic carbocycles. The van der Waals surface area contributed by atoms with Crippen molar-refractivity contribution in [2.24, 2.45) is 0 Å². The van der Waals surface area contributed by atoms with E-state index >= 15 is 0 Å². The summed E-state index contributed by atoms with van der Waals surface area (Å²) in [6.45, 7) is 4.09. The van der Waals surface area contributed by atoms with Gasteiger partial charge in [0.1, 0.15) is 5.54 Å². The topological polar surface area (TPSA) is 49.8 Å². The van der Waals surface area contributed by atoms with E-state index in [9.17, 15) is 10.0 Å². The standard InChI is InChI=1S/C9H15NO3/c1-3-5-9(8(11)13-2)6-4-7-10(9)12/h3,12H,1,4-7H2,2H3/t9-/m0/s1. The Hall–Kier alpha value is -0.870. The van der Waals surface area contributed by atoms with Gasteiger partial charge in [-0.2, -0.15) is 5.06 Å². The number of methoxy groups -OCH3 is 1. The summed E-state index contributed by atoms with van der Waals surface area (Å²) in [5.41, 5.74) is -0.878. The third-order valence-electron chi connectivity index (χ3n) is 2.50. The van der Waals surface area contributed by atoms with Gasteiger partial charge >= 0.3 is 5.97 Å². The van der Waals surface area contributed by atoms with Crippen LogP contribution in [0, 0.1) is 0 Å². The summed E-state index contributed by atoms with van der Waals surface area (Å²) in [6, 6.07) is 0. The molecule has 0 aromatic heterocycles. The number of ether oxygens (including phenoxy) is 1. The smallest absolute Gasteiger partial charge is 0.328 e. The van der Waals surface area contributed by atoms with Gasteiger partial charge in [-0.05, 0) is 19.3 Å². The number of carbonyl (C=O) groups excluding carboxylic acids is 1. The van der Waals surface area contributed by atoms with Crippen LogP contribution < -0.4 is 0 Å². The van der Waals surface area contributed by atoms with Crippen LogP contribution in [0.15, 0.2) is 12.7 Å². The molecule has 0 aliphatic carbocycles. The molecule has 0 bridgehead atoms. The van der Waals surface area contributed by atoms with E-state index in [0.29, 0.717) is 19.4 Å². The Kier molecular flexibility index (Phi) is 3.06. The SMILES string of the molecule is C=CC[C@@]1(C(=O)OC)CCCN1O. The second kappa shape index (κ2) is 3.89. The van der Waals surface area contributed by atoms with Crippen LogP contribution >= 0.6 is 0 Å². The number of hydrogen-bond acceptors (Lipinski definition) is 4. The Labute approximate surface area is 77.7 Å². The molecule has 1 heterocycles. The number of esters is 1. The quantitative estimate of drug-likeness (QED) is 0.525. The predicted octanol–water partition coefficient (Wildman–Crippen LogP) is 0.959. The van der Waals surface area contributed by atoms with Gasteiger partial charge < -0.3 is 9.94 Å². The normalized spacial score (nSPS) is 28.8. The van der Waals surface area contributed by atoms with Crippen molar-refractivity contribution >= 4 is 5.97 Å². The minimum atomic E-state index is -0.878. The minimum absolute atomic E-state index is 0.382. The predicted molar refractivity (Wildman–Crippen MR) is 47.3 cm³/mol. The molecule has 0 radical (unpaired) electrons. The van der Waals surface area contributed by atoms with Crippen molar-refractivity contribution in [3.8, 4) is 0 Å². The molecule has 1 aliphatic heterocycles. The van der Waals surface area contributed by atoms with E-state index < -0.39 is 5.54 Å². The summed E-state index contributed by atoms with van der Waals surface area (Å²) in [5.74, 6) is -0.382. The lowest BCUT2D eigenvalue weighted by Crippen LogP contribution is -2.49. The Bertz CT molecular complexity index is 217. The lowest BCUT2D eigenvalue weighted by molar-refractivity contribution is -0.186. The molecule has 4 heteroatoms. The molecule has 1 rings (SSSR count). The maximum Gasteiger partial charge on any atom is 0.328 e. The second-order valence-corrected chi connectivity index (χ2v) is 3.24. The van der Waals surface area contributed by atoms with Crippen LogP contribution in [0.2, 0.25) is 0 Å². The fraction of sp³-hybridized carbons (Fsp3) is 0.667. The number of hydroxylamine groups is 2. The van der Waals surface area contributed by atoms with E-state index in [-0.39, 0.29) is 5.97 Å². The van der Waals surface area contributed by atoms with E-state index in [4.69, 9.17) is 0 Å². The molecule has 0 unspecified atom stereocenters. The van der Waals surface area contributed by atoms with Gasteiger partial charge in [0.2, 0.25) is 0 Å². The first-order valence-corrected chi connectivity index (χ1v) is 4.33. The Morgan fingerprint density at radius 1 is 1.85 bits per heavy atom. The average molecular weight is 185 g/mol. The second-order valence-electron chi connectivity index (χ2n) is 3.24. The van der Waals surface area contributed by atoms with Gasteiger partial charge in [-0.1, -0.05) is 6.08 Å². The highest BCUT2D eigenvalue weighted by atomic mass is 16.5. The summed E-state index contributed by atoms with van der Waals surface area (Å²) >= 11 is 0. The molecule has 0 aromatic rings. The molecule has 74 valence electrons. The Morgan fingerprint density at radius 3 is 2.92 bits per heavy atom. The summed E-state index contributed by atoms with van der Waals surface area (Å²) in [6.07, 6.45) is 3.49. The van der Waals surface area contributed by atoms with E-state index in [0.717, 1.165) is 11.5 Å². The van der Waals surface area contributed by atoms with Gasteiger partial charge in [0.15, 0.2) is 0 Å². The molecule has 0 spiro atoms. The van der Waals surface area contributed by atoms with E-state index in [1.807, 2.05) is 0 Å². The molecular formula is C9H15NO3. The lowest BCUT2D eigenvalue weighted by atomic mass is 9.93. The van der Waals surface area contributed by atoms with Crippen molar-refractivity contribution in [3.05, 3.63) is 12.7 Å². The minimum Gasteiger partial charge on any atom is -0.468 e. The molecule has 1 atom stereocenters. The number of rotatable bonds is 3. The van der Waals surface area contributed by atoms with Crippen molar-refractivity contribution in [2.75, 3.05) is 13.7 Å². The van der Waals surface area contributed by atoms with Crippen LogP contribution in [-0.2, 0) is 9.53 Å². The maximum absolute atomic E-state index is 11.5. The summed E-state index contributed by atoms with van der Waals surface area (Å²) in [5, 5.41) is 10.6. The first-order chi connectivity index (χ1) is 6.17. The molecule has 1 fully saturated rings. The first-order valence-electron chi connectivity index (χ1n) is 4.33.